The minimum atomic E-state index is -4.53. The summed E-state index contributed by atoms with van der Waals surface area (Å²) in [6.45, 7) is 0. The van der Waals surface area contributed by atoms with Crippen LogP contribution in [-0.4, -0.2) is 23.7 Å². The van der Waals surface area contributed by atoms with E-state index in [9.17, 15) is 22.7 Å². The summed E-state index contributed by atoms with van der Waals surface area (Å²) in [5.41, 5.74) is 6.46. The molecule has 1 aliphatic rings. The lowest BCUT2D eigenvalue weighted by atomic mass is 9.77. The molecule has 0 saturated heterocycles. The highest BCUT2D eigenvalue weighted by atomic mass is 19.3. The molecule has 2 atom stereocenters. The van der Waals surface area contributed by atoms with E-state index in [-0.39, 0.29) is 11.7 Å². The summed E-state index contributed by atoms with van der Waals surface area (Å²) < 4.78 is 53.5. The molecular formula is C14H17F4NO2. The van der Waals surface area contributed by atoms with Gasteiger partial charge in [-0.15, -0.1) is 0 Å². The van der Waals surface area contributed by atoms with Crippen LogP contribution in [0.1, 0.15) is 30.9 Å². The zero-order valence-electron chi connectivity index (χ0n) is 11.2. The molecule has 7 heteroatoms. The smallest absolute Gasteiger partial charge is 0.428 e. The Labute approximate surface area is 119 Å². The van der Waals surface area contributed by atoms with Gasteiger partial charge in [-0.3, -0.25) is 0 Å². The molecule has 0 bridgehead atoms. The van der Waals surface area contributed by atoms with Crippen LogP contribution in [0.2, 0.25) is 0 Å². The van der Waals surface area contributed by atoms with Crippen LogP contribution in [0.3, 0.4) is 0 Å². The minimum Gasteiger partial charge on any atom is -0.428 e. The quantitative estimate of drug-likeness (QED) is 0.794. The molecule has 0 aliphatic heterocycles. The van der Waals surface area contributed by atoms with Crippen molar-refractivity contribution in [1.82, 2.24) is 0 Å². The van der Waals surface area contributed by atoms with Crippen LogP contribution >= 0.6 is 0 Å². The largest absolute Gasteiger partial charge is 0.461 e. The number of rotatable bonds is 6. The van der Waals surface area contributed by atoms with Crippen molar-refractivity contribution < 1.29 is 27.4 Å². The summed E-state index contributed by atoms with van der Waals surface area (Å²) in [5, 5.41) is 10.0. The molecule has 1 aliphatic carbocycles. The number of ether oxygens (including phenoxy) is 1. The molecule has 0 aromatic heterocycles. The Balaban J connectivity index is 2.01. The second-order valence-electron chi connectivity index (χ2n) is 5.24. The van der Waals surface area contributed by atoms with Gasteiger partial charge >= 0.3 is 12.5 Å². The van der Waals surface area contributed by atoms with E-state index < -0.39 is 24.7 Å². The molecule has 0 heterocycles. The van der Waals surface area contributed by atoms with Crippen molar-refractivity contribution in [3.8, 4) is 5.75 Å². The maximum Gasteiger partial charge on any atom is 0.461 e. The number of alkyl halides is 4. The summed E-state index contributed by atoms with van der Waals surface area (Å²) in [6.07, 6.45) is -6.25. The van der Waals surface area contributed by atoms with Crippen molar-refractivity contribution in [3.63, 3.8) is 0 Å². The molecule has 0 radical (unpaired) electrons. The highest BCUT2D eigenvalue weighted by Crippen LogP contribution is 2.35. The first kappa shape index (κ1) is 16.0. The number of hydrogen-bond donors (Lipinski definition) is 2. The van der Waals surface area contributed by atoms with Gasteiger partial charge in [0.1, 0.15) is 5.75 Å². The number of halogens is 4. The van der Waals surface area contributed by atoms with E-state index >= 15 is 0 Å². The average molecular weight is 307 g/mol. The van der Waals surface area contributed by atoms with Gasteiger partial charge in [0.05, 0.1) is 12.1 Å². The van der Waals surface area contributed by atoms with Crippen LogP contribution in [0.25, 0.3) is 0 Å². The first-order chi connectivity index (χ1) is 9.81. The van der Waals surface area contributed by atoms with E-state index in [1.54, 1.807) is 0 Å². The van der Waals surface area contributed by atoms with Crippen molar-refractivity contribution in [3.05, 3.63) is 29.8 Å². The summed E-state index contributed by atoms with van der Waals surface area (Å²) in [6, 6.07) is 4.42. The zero-order valence-corrected chi connectivity index (χ0v) is 11.2. The van der Waals surface area contributed by atoms with E-state index in [0.717, 1.165) is 31.4 Å². The summed E-state index contributed by atoms with van der Waals surface area (Å²) in [7, 11) is 0. The van der Waals surface area contributed by atoms with Gasteiger partial charge in [-0.05, 0) is 36.5 Å². The zero-order chi connectivity index (χ0) is 15.6. The van der Waals surface area contributed by atoms with Crippen molar-refractivity contribution in [2.75, 3.05) is 0 Å². The Bertz CT molecular complexity index is 463. The van der Waals surface area contributed by atoms with Crippen LogP contribution < -0.4 is 10.5 Å². The summed E-state index contributed by atoms with van der Waals surface area (Å²) in [4.78, 5) is 0. The maximum atomic E-state index is 12.7. The summed E-state index contributed by atoms with van der Waals surface area (Å²) >= 11 is 0. The fourth-order valence-electron chi connectivity index (χ4n) is 2.23. The average Bonchev–Trinajstić information content (AvgIpc) is 2.36. The fraction of sp³-hybridized carbons (Fsp3) is 0.571. The molecule has 1 aromatic rings. The van der Waals surface area contributed by atoms with Gasteiger partial charge in [0.25, 0.3) is 0 Å². The standard InChI is InChI=1S/C14H17F4NO2/c15-13(16)14(17,18)21-10-6-4-8(5-7-10)11(19)12(20)9-2-1-3-9/h4-7,9,11-13,20H,1-3,19H2/t11-,12+/m1/s1. The molecule has 1 aromatic carbocycles. The highest BCUT2D eigenvalue weighted by molar-refractivity contribution is 5.30. The number of aliphatic hydroxyl groups is 1. The maximum absolute atomic E-state index is 12.7. The van der Waals surface area contributed by atoms with Crippen molar-refractivity contribution in [2.24, 2.45) is 11.7 Å². The van der Waals surface area contributed by atoms with E-state index in [2.05, 4.69) is 4.74 Å². The van der Waals surface area contributed by atoms with Gasteiger partial charge in [0, 0.05) is 0 Å². The molecular weight excluding hydrogens is 290 g/mol. The lowest BCUT2D eigenvalue weighted by Crippen LogP contribution is -2.36. The molecule has 1 fully saturated rings. The first-order valence-corrected chi connectivity index (χ1v) is 6.70. The predicted molar refractivity (Wildman–Crippen MR) is 68.3 cm³/mol. The van der Waals surface area contributed by atoms with Crippen LogP contribution in [0, 0.1) is 5.92 Å². The molecule has 0 unspecified atom stereocenters. The molecule has 3 nitrogen and oxygen atoms in total. The number of nitrogens with two attached hydrogens (primary N) is 1. The molecule has 21 heavy (non-hydrogen) atoms. The second kappa shape index (κ2) is 6.19. The van der Waals surface area contributed by atoms with Crippen molar-refractivity contribution >= 4 is 0 Å². The van der Waals surface area contributed by atoms with Gasteiger partial charge in [-0.2, -0.15) is 17.6 Å². The third kappa shape index (κ3) is 3.65. The van der Waals surface area contributed by atoms with E-state index in [0.29, 0.717) is 5.56 Å². The third-order valence-corrected chi connectivity index (χ3v) is 3.77. The Morgan fingerprint density at radius 1 is 1.19 bits per heavy atom. The minimum absolute atomic E-state index is 0.152. The van der Waals surface area contributed by atoms with Crippen LogP contribution in [0.15, 0.2) is 24.3 Å². The number of hydrogen-bond acceptors (Lipinski definition) is 3. The normalized spacial score (nSPS) is 19.2. The molecule has 118 valence electrons. The van der Waals surface area contributed by atoms with Crippen LogP contribution in [0.4, 0.5) is 17.6 Å². The predicted octanol–water partition coefficient (Wildman–Crippen LogP) is 3.08. The Hall–Kier alpha value is -1.34. The Morgan fingerprint density at radius 2 is 1.76 bits per heavy atom. The van der Waals surface area contributed by atoms with Crippen molar-refractivity contribution in [1.29, 1.82) is 0 Å². The molecule has 0 amide bonds. The lowest BCUT2D eigenvalue weighted by Gasteiger charge is -2.33. The molecule has 2 rings (SSSR count). The topological polar surface area (TPSA) is 55.5 Å². The van der Waals surface area contributed by atoms with Gasteiger partial charge < -0.3 is 15.6 Å². The van der Waals surface area contributed by atoms with E-state index in [4.69, 9.17) is 5.73 Å². The number of benzene rings is 1. The highest BCUT2D eigenvalue weighted by Gasteiger charge is 2.44. The van der Waals surface area contributed by atoms with Gasteiger partial charge in [0.2, 0.25) is 0 Å². The SMILES string of the molecule is N[C@H](c1ccc(OC(F)(F)C(F)F)cc1)[C@@H](O)C1CCC1. The number of aliphatic hydroxyl groups excluding tert-OH is 1. The van der Waals surface area contributed by atoms with Gasteiger partial charge in [-0.1, -0.05) is 18.6 Å². The molecule has 0 spiro atoms. The molecule has 3 N–H and O–H groups in total. The molecule has 1 saturated carbocycles. The van der Waals surface area contributed by atoms with E-state index in [1.165, 1.54) is 12.1 Å². The first-order valence-electron chi connectivity index (χ1n) is 6.70. The second-order valence-corrected chi connectivity index (χ2v) is 5.24. The Kier molecular flexibility index (Phi) is 4.73. The van der Waals surface area contributed by atoms with E-state index in [1.807, 2.05) is 0 Å². The van der Waals surface area contributed by atoms with Gasteiger partial charge in [0.15, 0.2) is 0 Å². The summed E-state index contributed by atoms with van der Waals surface area (Å²) in [5.74, 6) is -0.228. The van der Waals surface area contributed by atoms with Gasteiger partial charge in [-0.25, -0.2) is 0 Å². The lowest BCUT2D eigenvalue weighted by molar-refractivity contribution is -0.253. The fourth-order valence-corrected chi connectivity index (χ4v) is 2.23. The monoisotopic (exact) mass is 307 g/mol. The Morgan fingerprint density at radius 3 is 2.19 bits per heavy atom. The third-order valence-electron chi connectivity index (χ3n) is 3.77. The van der Waals surface area contributed by atoms with Crippen molar-refractivity contribution in [2.45, 2.75) is 43.9 Å². The van der Waals surface area contributed by atoms with Crippen LogP contribution in [0.5, 0.6) is 5.75 Å². The van der Waals surface area contributed by atoms with Crippen LogP contribution in [-0.2, 0) is 0 Å².